The quantitative estimate of drug-likeness (QED) is 0.529. The Morgan fingerprint density at radius 3 is 2.67 bits per heavy atom. The van der Waals surface area contributed by atoms with Crippen LogP contribution < -0.4 is 14.8 Å². The summed E-state index contributed by atoms with van der Waals surface area (Å²) in [6.07, 6.45) is 0. The number of nitrogens with one attached hydrogen (secondary N) is 1. The second kappa shape index (κ2) is 8.91. The maximum absolute atomic E-state index is 12.2. The maximum Gasteiger partial charge on any atom is 0.262 e. The number of anilines is 1. The molecular formula is C22H22BrNO3. The van der Waals surface area contributed by atoms with Gasteiger partial charge in [0.05, 0.1) is 11.1 Å². The molecule has 0 radical (unpaired) electrons. The molecular weight excluding hydrogens is 406 g/mol. The molecule has 1 amide bonds. The molecule has 0 atom stereocenters. The van der Waals surface area contributed by atoms with E-state index >= 15 is 0 Å². The molecule has 0 fully saturated rings. The number of halogens is 1. The van der Waals surface area contributed by atoms with E-state index in [1.165, 1.54) is 0 Å². The predicted molar refractivity (Wildman–Crippen MR) is 113 cm³/mol. The molecule has 0 aliphatic heterocycles. The fourth-order valence-electron chi connectivity index (χ4n) is 2.59. The molecule has 0 saturated carbocycles. The normalized spacial score (nSPS) is 10.8. The van der Waals surface area contributed by atoms with Gasteiger partial charge in [-0.15, -0.1) is 0 Å². The number of rotatable bonds is 7. The van der Waals surface area contributed by atoms with Gasteiger partial charge in [0.1, 0.15) is 11.5 Å². The van der Waals surface area contributed by atoms with Gasteiger partial charge in [0, 0.05) is 11.8 Å². The minimum absolute atomic E-state index is 0.0754. The summed E-state index contributed by atoms with van der Waals surface area (Å²) in [4.78, 5) is 12.2. The molecule has 3 aromatic rings. The van der Waals surface area contributed by atoms with Gasteiger partial charge in [-0.1, -0.05) is 50.2 Å². The van der Waals surface area contributed by atoms with Crippen LogP contribution in [0.5, 0.6) is 11.5 Å². The lowest BCUT2D eigenvalue weighted by molar-refractivity contribution is -0.118. The monoisotopic (exact) mass is 427 g/mol. The molecule has 0 bridgehead atoms. The van der Waals surface area contributed by atoms with Gasteiger partial charge in [0.2, 0.25) is 0 Å². The Morgan fingerprint density at radius 2 is 1.85 bits per heavy atom. The first-order chi connectivity index (χ1) is 13.0. The molecule has 0 saturated heterocycles. The average Bonchev–Trinajstić information content (AvgIpc) is 2.66. The Morgan fingerprint density at radius 1 is 1.04 bits per heavy atom. The second-order valence-corrected chi connectivity index (χ2v) is 7.46. The van der Waals surface area contributed by atoms with Crippen molar-refractivity contribution in [3.63, 3.8) is 0 Å². The number of hydrogen-bond donors (Lipinski definition) is 1. The summed E-state index contributed by atoms with van der Waals surface area (Å²) < 4.78 is 12.2. The number of amides is 1. The van der Waals surface area contributed by atoms with Gasteiger partial charge in [-0.05, 0) is 50.8 Å². The van der Waals surface area contributed by atoms with Crippen LogP contribution in [0.4, 0.5) is 5.69 Å². The van der Waals surface area contributed by atoms with Gasteiger partial charge in [0.15, 0.2) is 6.61 Å². The lowest BCUT2D eigenvalue weighted by atomic mass is 10.1. The van der Waals surface area contributed by atoms with E-state index in [0.29, 0.717) is 24.0 Å². The van der Waals surface area contributed by atoms with Crippen molar-refractivity contribution in [3.8, 4) is 11.5 Å². The van der Waals surface area contributed by atoms with Crippen LogP contribution in [0.15, 0.2) is 65.1 Å². The van der Waals surface area contributed by atoms with Crippen molar-refractivity contribution < 1.29 is 14.3 Å². The Labute approximate surface area is 167 Å². The lowest BCUT2D eigenvalue weighted by Gasteiger charge is -2.12. The van der Waals surface area contributed by atoms with Crippen LogP contribution in [0.1, 0.15) is 13.8 Å². The van der Waals surface area contributed by atoms with Crippen molar-refractivity contribution in [3.05, 3.63) is 65.1 Å². The van der Waals surface area contributed by atoms with Crippen molar-refractivity contribution in [2.24, 2.45) is 5.92 Å². The molecule has 0 aliphatic rings. The van der Waals surface area contributed by atoms with Crippen molar-refractivity contribution in [1.82, 2.24) is 0 Å². The molecule has 4 nitrogen and oxygen atoms in total. The molecule has 0 heterocycles. The largest absolute Gasteiger partial charge is 0.493 e. The minimum Gasteiger partial charge on any atom is -0.493 e. The first kappa shape index (κ1) is 19.2. The molecule has 0 aliphatic carbocycles. The van der Waals surface area contributed by atoms with Crippen LogP contribution in [0.2, 0.25) is 0 Å². The van der Waals surface area contributed by atoms with Crippen molar-refractivity contribution in [1.29, 1.82) is 0 Å². The second-order valence-electron chi connectivity index (χ2n) is 6.67. The van der Waals surface area contributed by atoms with E-state index in [4.69, 9.17) is 9.47 Å². The smallest absolute Gasteiger partial charge is 0.262 e. The third-order valence-electron chi connectivity index (χ3n) is 3.89. The Hall–Kier alpha value is -2.53. The highest BCUT2D eigenvalue weighted by atomic mass is 79.9. The molecule has 1 N–H and O–H groups in total. The van der Waals surface area contributed by atoms with Crippen LogP contribution in [0.25, 0.3) is 10.8 Å². The van der Waals surface area contributed by atoms with Crippen molar-refractivity contribution in [2.45, 2.75) is 13.8 Å². The highest BCUT2D eigenvalue weighted by Crippen LogP contribution is 2.33. The number of carbonyl (C=O) groups excluding carboxylic acids is 1. The van der Waals surface area contributed by atoms with Gasteiger partial charge in [-0.25, -0.2) is 0 Å². The van der Waals surface area contributed by atoms with Gasteiger partial charge < -0.3 is 14.8 Å². The summed E-state index contributed by atoms with van der Waals surface area (Å²) in [5, 5.41) is 4.99. The summed E-state index contributed by atoms with van der Waals surface area (Å²) in [7, 11) is 0. The van der Waals surface area contributed by atoms with E-state index in [2.05, 4.69) is 35.1 Å². The fraction of sp³-hybridized carbons (Fsp3) is 0.227. The van der Waals surface area contributed by atoms with Crippen molar-refractivity contribution in [2.75, 3.05) is 18.5 Å². The summed E-state index contributed by atoms with van der Waals surface area (Å²) in [6.45, 7) is 4.74. The van der Waals surface area contributed by atoms with E-state index in [-0.39, 0.29) is 12.5 Å². The molecule has 0 unspecified atom stereocenters. The zero-order valence-corrected chi connectivity index (χ0v) is 17.0. The summed E-state index contributed by atoms with van der Waals surface area (Å²) >= 11 is 3.56. The molecule has 0 aromatic heterocycles. The number of benzene rings is 3. The van der Waals surface area contributed by atoms with Gasteiger partial charge in [-0.2, -0.15) is 0 Å². The summed E-state index contributed by atoms with van der Waals surface area (Å²) in [6, 6.07) is 19.2. The standard InChI is InChI=1S/C22H22BrNO3/c1-15(2)13-26-18-8-5-7-17(12-18)24-21(25)14-27-20-11-10-16-6-3-4-9-19(16)22(20)23/h3-12,15H,13-14H2,1-2H3,(H,24,25). The average molecular weight is 428 g/mol. The van der Waals surface area contributed by atoms with E-state index in [9.17, 15) is 4.79 Å². The Balaban J connectivity index is 1.60. The van der Waals surface area contributed by atoms with Crippen molar-refractivity contribution >= 4 is 38.3 Å². The first-order valence-corrected chi connectivity index (χ1v) is 9.65. The molecule has 27 heavy (non-hydrogen) atoms. The Bertz CT molecular complexity index is 940. The lowest BCUT2D eigenvalue weighted by Crippen LogP contribution is -2.20. The van der Waals surface area contributed by atoms with Gasteiger partial charge in [0.25, 0.3) is 5.91 Å². The summed E-state index contributed by atoms with van der Waals surface area (Å²) in [5.74, 6) is 1.59. The molecule has 140 valence electrons. The third-order valence-corrected chi connectivity index (χ3v) is 4.71. The maximum atomic E-state index is 12.2. The Kier molecular flexibility index (Phi) is 6.35. The minimum atomic E-state index is -0.226. The van der Waals surface area contributed by atoms with Crippen LogP contribution in [-0.4, -0.2) is 19.1 Å². The number of fused-ring (bicyclic) bond motifs is 1. The topological polar surface area (TPSA) is 47.6 Å². The van der Waals surface area contributed by atoms with E-state index in [0.717, 1.165) is 21.0 Å². The third kappa shape index (κ3) is 5.23. The summed E-state index contributed by atoms with van der Waals surface area (Å²) in [5.41, 5.74) is 0.683. The van der Waals surface area contributed by atoms with Gasteiger partial charge in [-0.3, -0.25) is 4.79 Å². The highest BCUT2D eigenvalue weighted by Gasteiger charge is 2.09. The van der Waals surface area contributed by atoms with Crippen LogP contribution in [-0.2, 0) is 4.79 Å². The van der Waals surface area contributed by atoms with E-state index in [1.807, 2.05) is 60.7 Å². The molecule has 0 spiro atoms. The molecule has 3 aromatic carbocycles. The SMILES string of the molecule is CC(C)COc1cccc(NC(=O)COc2ccc3ccccc3c2Br)c1. The van der Waals surface area contributed by atoms with E-state index in [1.54, 1.807) is 0 Å². The van der Waals surface area contributed by atoms with E-state index < -0.39 is 0 Å². The van der Waals surface area contributed by atoms with Crippen LogP contribution >= 0.6 is 15.9 Å². The first-order valence-electron chi connectivity index (χ1n) is 8.85. The van der Waals surface area contributed by atoms with Crippen LogP contribution in [0, 0.1) is 5.92 Å². The number of ether oxygens (including phenoxy) is 2. The molecule has 5 heteroatoms. The predicted octanol–water partition coefficient (Wildman–Crippen LogP) is 5.65. The zero-order valence-electron chi connectivity index (χ0n) is 15.4. The number of hydrogen-bond acceptors (Lipinski definition) is 3. The zero-order chi connectivity index (χ0) is 19.2. The molecule has 3 rings (SSSR count). The highest BCUT2D eigenvalue weighted by molar-refractivity contribution is 9.10. The number of carbonyl (C=O) groups is 1. The van der Waals surface area contributed by atoms with Gasteiger partial charge >= 0.3 is 0 Å². The fourth-order valence-corrected chi connectivity index (χ4v) is 3.20. The van der Waals surface area contributed by atoms with Crippen LogP contribution in [0.3, 0.4) is 0 Å².